The standard InChI is InChI=1S/C25H23BrN2O6/c1-15-5-10-19(21(11-15)32-3)24(29)28-27-14-16-12-20(26)23(22(13-16)33-4)34-25(30)17-6-8-18(31-2)9-7-17/h5-14H,1-4H3,(H,28,29)/b27-14-. The maximum atomic E-state index is 12.6. The first-order valence-electron chi connectivity index (χ1n) is 10.1. The van der Waals surface area contributed by atoms with E-state index in [0.717, 1.165) is 5.56 Å². The summed E-state index contributed by atoms with van der Waals surface area (Å²) in [7, 11) is 4.51. The molecule has 0 heterocycles. The fourth-order valence-corrected chi connectivity index (χ4v) is 3.54. The van der Waals surface area contributed by atoms with Crippen LogP contribution in [0, 0.1) is 6.92 Å². The lowest BCUT2D eigenvalue weighted by Gasteiger charge is -2.12. The summed E-state index contributed by atoms with van der Waals surface area (Å²) in [5, 5.41) is 4.01. The van der Waals surface area contributed by atoms with Crippen molar-refractivity contribution in [2.24, 2.45) is 5.10 Å². The van der Waals surface area contributed by atoms with Crippen molar-refractivity contribution >= 4 is 34.0 Å². The number of esters is 1. The summed E-state index contributed by atoms with van der Waals surface area (Å²) in [6.45, 7) is 1.91. The Labute approximate surface area is 205 Å². The second kappa shape index (κ2) is 11.3. The van der Waals surface area contributed by atoms with Crippen molar-refractivity contribution in [3.8, 4) is 23.0 Å². The maximum absolute atomic E-state index is 12.6. The summed E-state index contributed by atoms with van der Waals surface area (Å²) in [6, 6.07) is 15.1. The van der Waals surface area contributed by atoms with E-state index in [1.165, 1.54) is 20.4 Å². The van der Waals surface area contributed by atoms with Gasteiger partial charge >= 0.3 is 5.97 Å². The lowest BCUT2D eigenvalue weighted by Crippen LogP contribution is -2.18. The summed E-state index contributed by atoms with van der Waals surface area (Å²) < 4.78 is 21.8. The molecule has 0 saturated carbocycles. The summed E-state index contributed by atoms with van der Waals surface area (Å²) in [5.41, 5.74) is 4.77. The van der Waals surface area contributed by atoms with Gasteiger partial charge in [0.25, 0.3) is 5.91 Å². The molecule has 1 amide bonds. The summed E-state index contributed by atoms with van der Waals surface area (Å²) in [4.78, 5) is 25.0. The number of carbonyl (C=O) groups excluding carboxylic acids is 2. The first-order valence-corrected chi connectivity index (χ1v) is 10.9. The number of carbonyl (C=O) groups is 2. The van der Waals surface area contributed by atoms with Crippen molar-refractivity contribution in [1.29, 1.82) is 0 Å². The Balaban J connectivity index is 1.74. The first kappa shape index (κ1) is 24.8. The van der Waals surface area contributed by atoms with Gasteiger partial charge in [-0.25, -0.2) is 10.2 Å². The van der Waals surface area contributed by atoms with Crippen LogP contribution in [0.1, 0.15) is 31.8 Å². The van der Waals surface area contributed by atoms with Crippen molar-refractivity contribution in [2.45, 2.75) is 6.92 Å². The van der Waals surface area contributed by atoms with E-state index in [-0.39, 0.29) is 5.75 Å². The first-order chi connectivity index (χ1) is 16.4. The molecule has 3 aromatic carbocycles. The topological polar surface area (TPSA) is 95.5 Å². The van der Waals surface area contributed by atoms with E-state index < -0.39 is 11.9 Å². The van der Waals surface area contributed by atoms with Crippen molar-refractivity contribution < 1.29 is 28.5 Å². The second-order valence-corrected chi connectivity index (χ2v) is 7.91. The molecule has 1 N–H and O–H groups in total. The van der Waals surface area contributed by atoms with E-state index in [0.29, 0.717) is 38.4 Å². The van der Waals surface area contributed by atoms with E-state index >= 15 is 0 Å². The van der Waals surface area contributed by atoms with E-state index in [1.807, 2.05) is 13.0 Å². The minimum absolute atomic E-state index is 0.217. The SMILES string of the molecule is COc1ccc(C(=O)Oc2c(Br)cc(/C=N\NC(=O)c3ccc(C)cc3OC)cc2OC)cc1. The maximum Gasteiger partial charge on any atom is 0.343 e. The van der Waals surface area contributed by atoms with Gasteiger partial charge in [-0.15, -0.1) is 0 Å². The predicted octanol–water partition coefficient (Wildman–Crippen LogP) is 4.77. The van der Waals surface area contributed by atoms with Crippen LogP contribution >= 0.6 is 15.9 Å². The number of methoxy groups -OCH3 is 3. The normalized spacial score (nSPS) is 10.6. The lowest BCUT2D eigenvalue weighted by atomic mass is 10.1. The zero-order valence-electron chi connectivity index (χ0n) is 19.0. The van der Waals surface area contributed by atoms with Crippen LogP contribution in [0.5, 0.6) is 23.0 Å². The highest BCUT2D eigenvalue weighted by molar-refractivity contribution is 9.10. The van der Waals surface area contributed by atoms with Crippen LogP contribution in [0.4, 0.5) is 0 Å². The number of halogens is 1. The third-order valence-corrected chi connectivity index (χ3v) is 5.34. The molecule has 0 aliphatic carbocycles. The molecule has 9 heteroatoms. The van der Waals surface area contributed by atoms with Gasteiger partial charge in [0.1, 0.15) is 11.5 Å². The average Bonchev–Trinajstić information content (AvgIpc) is 2.85. The second-order valence-electron chi connectivity index (χ2n) is 7.05. The Morgan fingerprint density at radius 2 is 1.62 bits per heavy atom. The van der Waals surface area contributed by atoms with Crippen molar-refractivity contribution in [3.63, 3.8) is 0 Å². The molecule has 0 aliphatic heterocycles. The van der Waals surface area contributed by atoms with Gasteiger partial charge in [0.05, 0.1) is 43.1 Å². The smallest absolute Gasteiger partial charge is 0.343 e. The van der Waals surface area contributed by atoms with E-state index in [9.17, 15) is 9.59 Å². The monoisotopic (exact) mass is 526 g/mol. The number of hydrogen-bond acceptors (Lipinski definition) is 7. The molecule has 0 saturated heterocycles. The third-order valence-electron chi connectivity index (χ3n) is 4.75. The molecule has 0 aromatic heterocycles. The molecular weight excluding hydrogens is 504 g/mol. The summed E-state index contributed by atoms with van der Waals surface area (Å²) in [6.07, 6.45) is 1.45. The molecule has 0 atom stereocenters. The lowest BCUT2D eigenvalue weighted by molar-refractivity contribution is 0.0728. The minimum atomic E-state index is -0.553. The predicted molar refractivity (Wildman–Crippen MR) is 131 cm³/mol. The number of hydrogen-bond donors (Lipinski definition) is 1. The fraction of sp³-hybridized carbons (Fsp3) is 0.160. The quantitative estimate of drug-likeness (QED) is 0.196. The number of nitrogens with one attached hydrogen (secondary N) is 1. The van der Waals surface area contributed by atoms with Crippen LogP contribution in [0.2, 0.25) is 0 Å². The van der Waals surface area contributed by atoms with Crippen LogP contribution in [-0.2, 0) is 0 Å². The Hall–Kier alpha value is -3.85. The number of nitrogens with zero attached hydrogens (tertiary/aromatic N) is 1. The Morgan fingerprint density at radius 1 is 0.912 bits per heavy atom. The third kappa shape index (κ3) is 5.93. The fourth-order valence-electron chi connectivity index (χ4n) is 3.00. The zero-order valence-corrected chi connectivity index (χ0v) is 20.6. The summed E-state index contributed by atoms with van der Waals surface area (Å²) in [5.74, 6) is 0.650. The number of aryl methyl sites for hydroxylation is 1. The van der Waals surface area contributed by atoms with Gasteiger partial charge in [0.15, 0.2) is 11.5 Å². The highest BCUT2D eigenvalue weighted by atomic mass is 79.9. The molecule has 3 rings (SSSR count). The molecule has 0 unspecified atom stereocenters. The van der Waals surface area contributed by atoms with Crippen LogP contribution in [0.3, 0.4) is 0 Å². The van der Waals surface area contributed by atoms with Crippen molar-refractivity contribution in [1.82, 2.24) is 5.43 Å². The van der Waals surface area contributed by atoms with Gasteiger partial charge in [-0.3, -0.25) is 4.79 Å². The van der Waals surface area contributed by atoms with Crippen LogP contribution < -0.4 is 24.4 Å². The van der Waals surface area contributed by atoms with Crippen LogP contribution in [-0.4, -0.2) is 39.4 Å². The Morgan fingerprint density at radius 3 is 2.26 bits per heavy atom. The van der Waals surface area contributed by atoms with Crippen LogP contribution in [0.25, 0.3) is 0 Å². The molecule has 0 fully saturated rings. The largest absolute Gasteiger partial charge is 0.497 e. The number of rotatable bonds is 8. The van der Waals surface area contributed by atoms with Gasteiger partial charge in [-0.1, -0.05) is 6.07 Å². The van der Waals surface area contributed by atoms with Gasteiger partial charge in [-0.2, -0.15) is 5.10 Å². The number of amides is 1. The number of benzene rings is 3. The van der Waals surface area contributed by atoms with E-state index in [2.05, 4.69) is 26.5 Å². The molecule has 0 aliphatic rings. The minimum Gasteiger partial charge on any atom is -0.497 e. The van der Waals surface area contributed by atoms with Gasteiger partial charge < -0.3 is 18.9 Å². The van der Waals surface area contributed by atoms with Crippen LogP contribution in [0.15, 0.2) is 64.2 Å². The van der Waals surface area contributed by atoms with Crippen molar-refractivity contribution in [2.75, 3.05) is 21.3 Å². The van der Waals surface area contributed by atoms with Gasteiger partial charge in [-0.05, 0) is 82.5 Å². The molecule has 3 aromatic rings. The molecule has 0 spiro atoms. The zero-order chi connectivity index (χ0) is 24.7. The highest BCUT2D eigenvalue weighted by Gasteiger charge is 2.17. The number of ether oxygens (including phenoxy) is 4. The molecule has 176 valence electrons. The summed E-state index contributed by atoms with van der Waals surface area (Å²) >= 11 is 3.40. The van der Waals surface area contributed by atoms with Gasteiger partial charge in [0, 0.05) is 0 Å². The van der Waals surface area contributed by atoms with Crippen molar-refractivity contribution in [3.05, 3.63) is 81.3 Å². The van der Waals surface area contributed by atoms with E-state index in [1.54, 1.807) is 55.6 Å². The molecule has 34 heavy (non-hydrogen) atoms. The average molecular weight is 527 g/mol. The molecular formula is C25H23BrN2O6. The molecule has 8 nitrogen and oxygen atoms in total. The highest BCUT2D eigenvalue weighted by Crippen LogP contribution is 2.37. The molecule has 0 bridgehead atoms. The Bertz CT molecular complexity index is 1220. The Kier molecular flexibility index (Phi) is 8.26. The van der Waals surface area contributed by atoms with E-state index in [4.69, 9.17) is 18.9 Å². The molecule has 0 radical (unpaired) electrons. The number of hydrazone groups is 1. The van der Waals surface area contributed by atoms with Gasteiger partial charge in [0.2, 0.25) is 0 Å².